The Morgan fingerprint density at radius 1 is 1.26 bits per heavy atom. The predicted octanol–water partition coefficient (Wildman–Crippen LogP) is 3.71. The molecule has 1 amide bonds. The number of para-hydroxylation sites is 1. The van der Waals surface area contributed by atoms with Gasteiger partial charge in [0.1, 0.15) is 5.69 Å². The van der Waals surface area contributed by atoms with Gasteiger partial charge in [-0.05, 0) is 25.0 Å². The second-order valence-corrected chi connectivity index (χ2v) is 6.96. The van der Waals surface area contributed by atoms with E-state index in [0.717, 1.165) is 41.6 Å². The lowest BCUT2D eigenvalue weighted by Crippen LogP contribution is -2.49. The number of nitrogens with zero attached hydrogens (tertiary/aromatic N) is 3. The third-order valence-corrected chi connectivity index (χ3v) is 5.22. The first-order chi connectivity index (χ1) is 11.2. The van der Waals surface area contributed by atoms with Crippen molar-refractivity contribution in [1.29, 1.82) is 0 Å². The molecular formula is C17H20ClN3OS. The smallest absolute Gasteiger partial charge is 0.273 e. The number of anilines is 1. The lowest BCUT2D eigenvalue weighted by atomic mass is 10.2. The molecule has 1 fully saturated rings. The van der Waals surface area contributed by atoms with Gasteiger partial charge in [0, 0.05) is 31.6 Å². The standard InChI is InChI=1S/C17H20ClN3OS/c1-2-5-16-19-14(12-23-16)17(22)21-10-8-20(9-11-21)15-7-4-3-6-13(15)18/h3-4,6-7,12H,2,5,8-11H2,1H3. The SMILES string of the molecule is CCCc1nc(C(=O)N2CCN(c3ccccc3Cl)CC2)cs1. The van der Waals surface area contributed by atoms with Gasteiger partial charge in [-0.2, -0.15) is 0 Å². The molecule has 1 saturated heterocycles. The summed E-state index contributed by atoms with van der Waals surface area (Å²) in [5, 5.41) is 3.69. The maximum absolute atomic E-state index is 12.6. The van der Waals surface area contributed by atoms with Gasteiger partial charge in [0.25, 0.3) is 5.91 Å². The van der Waals surface area contributed by atoms with Crippen molar-refractivity contribution < 1.29 is 4.79 Å². The highest BCUT2D eigenvalue weighted by molar-refractivity contribution is 7.09. The maximum Gasteiger partial charge on any atom is 0.273 e. The quantitative estimate of drug-likeness (QED) is 0.844. The Hall–Kier alpha value is -1.59. The van der Waals surface area contributed by atoms with Crippen LogP contribution in [0.3, 0.4) is 0 Å². The zero-order valence-corrected chi connectivity index (χ0v) is 14.7. The summed E-state index contributed by atoms with van der Waals surface area (Å²) in [5.74, 6) is 0.0439. The van der Waals surface area contributed by atoms with Crippen LogP contribution in [0.4, 0.5) is 5.69 Å². The number of thiazole rings is 1. The first-order valence-corrected chi connectivity index (χ1v) is 9.18. The highest BCUT2D eigenvalue weighted by atomic mass is 35.5. The monoisotopic (exact) mass is 349 g/mol. The van der Waals surface area contributed by atoms with Gasteiger partial charge in [-0.15, -0.1) is 11.3 Å². The summed E-state index contributed by atoms with van der Waals surface area (Å²) in [5.41, 5.74) is 1.63. The molecule has 0 saturated carbocycles. The summed E-state index contributed by atoms with van der Waals surface area (Å²) < 4.78 is 0. The van der Waals surface area contributed by atoms with Crippen molar-refractivity contribution in [2.24, 2.45) is 0 Å². The van der Waals surface area contributed by atoms with E-state index in [0.29, 0.717) is 18.8 Å². The Morgan fingerprint density at radius 3 is 2.70 bits per heavy atom. The first-order valence-electron chi connectivity index (χ1n) is 7.92. The van der Waals surface area contributed by atoms with Crippen LogP contribution in [0.5, 0.6) is 0 Å². The molecule has 1 aromatic carbocycles. The van der Waals surface area contributed by atoms with E-state index in [-0.39, 0.29) is 5.91 Å². The molecule has 0 aliphatic carbocycles. The zero-order valence-electron chi connectivity index (χ0n) is 13.2. The zero-order chi connectivity index (χ0) is 16.2. The van der Waals surface area contributed by atoms with E-state index in [2.05, 4.69) is 16.8 Å². The lowest BCUT2D eigenvalue weighted by Gasteiger charge is -2.36. The molecule has 0 radical (unpaired) electrons. The number of aromatic nitrogens is 1. The van der Waals surface area contributed by atoms with Crippen molar-refractivity contribution in [1.82, 2.24) is 9.88 Å². The molecule has 2 aromatic rings. The van der Waals surface area contributed by atoms with Gasteiger partial charge in [0.2, 0.25) is 0 Å². The van der Waals surface area contributed by atoms with Crippen molar-refractivity contribution in [3.63, 3.8) is 0 Å². The summed E-state index contributed by atoms with van der Waals surface area (Å²) in [4.78, 5) is 21.1. The summed E-state index contributed by atoms with van der Waals surface area (Å²) in [6, 6.07) is 7.85. The van der Waals surface area contributed by atoms with E-state index in [4.69, 9.17) is 11.6 Å². The normalized spacial score (nSPS) is 15.0. The minimum absolute atomic E-state index is 0.0439. The third kappa shape index (κ3) is 3.67. The number of rotatable bonds is 4. The Balaban J connectivity index is 1.62. The van der Waals surface area contributed by atoms with Crippen LogP contribution in [0.25, 0.3) is 0 Å². The van der Waals surface area contributed by atoms with Gasteiger partial charge >= 0.3 is 0 Å². The lowest BCUT2D eigenvalue weighted by molar-refractivity contribution is 0.0741. The molecule has 0 atom stereocenters. The highest BCUT2D eigenvalue weighted by Gasteiger charge is 2.24. The number of carbonyl (C=O) groups excluding carboxylic acids is 1. The molecule has 122 valence electrons. The van der Waals surface area contributed by atoms with E-state index in [1.807, 2.05) is 34.5 Å². The minimum Gasteiger partial charge on any atom is -0.367 e. The molecule has 3 rings (SSSR count). The van der Waals surface area contributed by atoms with Gasteiger partial charge in [-0.3, -0.25) is 4.79 Å². The van der Waals surface area contributed by atoms with E-state index in [1.165, 1.54) is 0 Å². The van der Waals surface area contributed by atoms with Crippen LogP contribution in [-0.4, -0.2) is 42.0 Å². The van der Waals surface area contributed by atoms with Crippen LogP contribution in [0.2, 0.25) is 5.02 Å². The molecule has 0 bridgehead atoms. The number of aryl methyl sites for hydroxylation is 1. The molecule has 1 aromatic heterocycles. The molecule has 2 heterocycles. The summed E-state index contributed by atoms with van der Waals surface area (Å²) in [6.45, 7) is 5.11. The molecule has 0 unspecified atom stereocenters. The first kappa shape index (κ1) is 16.3. The van der Waals surface area contributed by atoms with Crippen LogP contribution in [0.1, 0.15) is 28.8 Å². The van der Waals surface area contributed by atoms with Crippen molar-refractivity contribution in [2.75, 3.05) is 31.1 Å². The average Bonchev–Trinajstić information content (AvgIpc) is 3.04. The molecular weight excluding hydrogens is 330 g/mol. The van der Waals surface area contributed by atoms with Crippen molar-refractivity contribution in [3.8, 4) is 0 Å². The Morgan fingerprint density at radius 2 is 2.00 bits per heavy atom. The van der Waals surface area contributed by atoms with Gasteiger partial charge in [-0.25, -0.2) is 4.98 Å². The van der Waals surface area contributed by atoms with Crippen molar-refractivity contribution in [2.45, 2.75) is 19.8 Å². The van der Waals surface area contributed by atoms with Crippen LogP contribution in [0, 0.1) is 0 Å². The molecule has 1 aliphatic heterocycles. The van der Waals surface area contributed by atoms with Crippen LogP contribution >= 0.6 is 22.9 Å². The topological polar surface area (TPSA) is 36.4 Å². The molecule has 0 N–H and O–H groups in total. The maximum atomic E-state index is 12.6. The summed E-state index contributed by atoms with van der Waals surface area (Å²) >= 11 is 7.83. The molecule has 23 heavy (non-hydrogen) atoms. The fourth-order valence-electron chi connectivity index (χ4n) is 2.76. The van der Waals surface area contributed by atoms with E-state index >= 15 is 0 Å². The van der Waals surface area contributed by atoms with Gasteiger partial charge in [-0.1, -0.05) is 30.7 Å². The van der Waals surface area contributed by atoms with E-state index in [9.17, 15) is 4.79 Å². The number of halogens is 1. The van der Waals surface area contributed by atoms with Gasteiger partial charge < -0.3 is 9.80 Å². The van der Waals surface area contributed by atoms with Gasteiger partial charge in [0.15, 0.2) is 0 Å². The molecule has 1 aliphatic rings. The third-order valence-electron chi connectivity index (χ3n) is 3.99. The predicted molar refractivity (Wildman–Crippen MR) is 95.7 cm³/mol. The van der Waals surface area contributed by atoms with Crippen LogP contribution in [-0.2, 0) is 6.42 Å². The van der Waals surface area contributed by atoms with Gasteiger partial charge in [0.05, 0.1) is 15.7 Å². The second-order valence-electron chi connectivity index (χ2n) is 5.61. The number of amides is 1. The molecule has 4 nitrogen and oxygen atoms in total. The Kier molecular flexibility index (Phi) is 5.18. The summed E-state index contributed by atoms with van der Waals surface area (Å²) in [7, 11) is 0. The molecule has 6 heteroatoms. The number of piperazine rings is 1. The number of hydrogen-bond acceptors (Lipinski definition) is 4. The molecule has 0 spiro atoms. The average molecular weight is 350 g/mol. The fourth-order valence-corrected chi connectivity index (χ4v) is 3.89. The number of benzene rings is 1. The van der Waals surface area contributed by atoms with Crippen molar-refractivity contribution in [3.05, 3.63) is 45.4 Å². The number of hydrogen-bond donors (Lipinski definition) is 0. The van der Waals surface area contributed by atoms with Crippen LogP contribution < -0.4 is 4.90 Å². The largest absolute Gasteiger partial charge is 0.367 e. The van der Waals surface area contributed by atoms with E-state index in [1.54, 1.807) is 11.3 Å². The highest BCUT2D eigenvalue weighted by Crippen LogP contribution is 2.26. The Labute approximate surface area is 145 Å². The number of carbonyl (C=O) groups is 1. The van der Waals surface area contributed by atoms with E-state index < -0.39 is 0 Å². The van der Waals surface area contributed by atoms with Crippen LogP contribution in [0.15, 0.2) is 29.6 Å². The minimum atomic E-state index is 0.0439. The van der Waals surface area contributed by atoms with Crippen molar-refractivity contribution >= 4 is 34.5 Å². The summed E-state index contributed by atoms with van der Waals surface area (Å²) in [6.07, 6.45) is 2.00. The second kappa shape index (κ2) is 7.32. The Bertz CT molecular complexity index is 680. The fraction of sp³-hybridized carbons (Fsp3) is 0.412.